The van der Waals surface area contributed by atoms with Crippen LogP contribution in [0.1, 0.15) is 45.5 Å². The van der Waals surface area contributed by atoms with E-state index in [1.807, 2.05) is 20.9 Å². The third-order valence-corrected chi connectivity index (χ3v) is 8.52. The summed E-state index contributed by atoms with van der Waals surface area (Å²) in [6, 6.07) is 3.37. The number of ether oxygens (including phenoxy) is 3. The van der Waals surface area contributed by atoms with Gasteiger partial charge in [-0.05, 0) is 44.9 Å². The number of benzene rings is 2. The SMILES string of the molecule is COc1c(C)cc2c(c1O)[C@@H]1C3Cc4c(O)c(C)c5c(c4[C@H](CN)N3[C@@H](C#N)[C@H](C2)N1C)OCO5. The van der Waals surface area contributed by atoms with E-state index < -0.39 is 6.04 Å². The molecule has 4 heterocycles. The molecule has 9 heteroatoms. The minimum absolute atomic E-state index is 0.0826. The summed E-state index contributed by atoms with van der Waals surface area (Å²) >= 11 is 0. The Morgan fingerprint density at radius 3 is 2.57 bits per heavy atom. The Balaban J connectivity index is 1.61. The number of likely N-dealkylation sites (N-methyl/N-ethyl adjacent to an activating group) is 1. The molecule has 1 unspecified atom stereocenters. The number of nitriles is 1. The van der Waals surface area contributed by atoms with Crippen LogP contribution in [0.2, 0.25) is 0 Å². The zero-order chi connectivity index (χ0) is 24.8. The quantitative estimate of drug-likeness (QED) is 0.596. The fraction of sp³-hybridized carbons (Fsp3) is 0.500. The number of fused-ring (bicyclic) bond motifs is 9. The molecule has 35 heavy (non-hydrogen) atoms. The molecule has 0 radical (unpaired) electrons. The van der Waals surface area contributed by atoms with E-state index >= 15 is 0 Å². The molecule has 0 spiro atoms. The second-order valence-electron chi connectivity index (χ2n) is 10.0. The van der Waals surface area contributed by atoms with Crippen LogP contribution in [-0.4, -0.2) is 65.6 Å². The van der Waals surface area contributed by atoms with E-state index in [0.717, 1.165) is 27.8 Å². The van der Waals surface area contributed by atoms with E-state index in [4.69, 9.17) is 19.9 Å². The number of hydrogen-bond acceptors (Lipinski definition) is 9. The molecule has 1 saturated heterocycles. The minimum Gasteiger partial charge on any atom is -0.507 e. The molecule has 0 amide bonds. The van der Waals surface area contributed by atoms with Crippen LogP contribution >= 0.6 is 0 Å². The van der Waals surface area contributed by atoms with Crippen LogP contribution in [0.15, 0.2) is 6.07 Å². The van der Waals surface area contributed by atoms with E-state index in [-0.39, 0.29) is 49.0 Å². The van der Waals surface area contributed by atoms with Gasteiger partial charge in [-0.3, -0.25) is 9.80 Å². The first kappa shape index (κ1) is 22.3. The first-order valence-electron chi connectivity index (χ1n) is 12.0. The summed E-state index contributed by atoms with van der Waals surface area (Å²) in [5.74, 6) is 1.96. The number of nitrogens with two attached hydrogens (primary N) is 1. The monoisotopic (exact) mass is 478 g/mol. The van der Waals surface area contributed by atoms with Crippen molar-refractivity contribution >= 4 is 0 Å². The van der Waals surface area contributed by atoms with Crippen LogP contribution in [0.25, 0.3) is 0 Å². The lowest BCUT2D eigenvalue weighted by Gasteiger charge is -2.59. The van der Waals surface area contributed by atoms with Crippen LogP contribution in [-0.2, 0) is 12.8 Å². The van der Waals surface area contributed by atoms with Crippen LogP contribution in [0.3, 0.4) is 0 Å². The van der Waals surface area contributed by atoms with Gasteiger partial charge in [-0.1, -0.05) is 6.07 Å². The standard InChI is InChI=1S/C26H30N4O5/c1-11-5-13-6-15-17(8-27)30-16(21(29(15)3)19(13)23(32)24(11)33-4)7-14-20(18(30)9-28)26-25(34-10-35-26)12(2)22(14)31/h5,15-18,21,31-32H,6-7,9-10,28H2,1-4H3/t15-,16?,17-,18-,21-/m0/s1. The number of piperazine rings is 1. The van der Waals surface area contributed by atoms with Crippen molar-refractivity contribution in [2.45, 2.75) is 56.9 Å². The van der Waals surface area contributed by atoms with E-state index in [0.29, 0.717) is 35.7 Å². The molecule has 1 fully saturated rings. The van der Waals surface area contributed by atoms with Gasteiger partial charge in [-0.25, -0.2) is 0 Å². The highest BCUT2D eigenvalue weighted by Gasteiger charge is 2.56. The second kappa shape index (κ2) is 7.65. The predicted octanol–water partition coefficient (Wildman–Crippen LogP) is 2.18. The zero-order valence-corrected chi connectivity index (χ0v) is 20.3. The molecule has 4 aliphatic heterocycles. The maximum atomic E-state index is 11.4. The normalized spacial score (nSPS) is 28.6. The largest absolute Gasteiger partial charge is 0.507 e. The summed E-state index contributed by atoms with van der Waals surface area (Å²) < 4.78 is 17.1. The summed E-state index contributed by atoms with van der Waals surface area (Å²) in [5, 5.41) is 33.0. The predicted molar refractivity (Wildman–Crippen MR) is 127 cm³/mol. The Kier molecular flexibility index (Phi) is 4.87. The number of hydrogen-bond donors (Lipinski definition) is 3. The third-order valence-electron chi connectivity index (χ3n) is 8.52. The summed E-state index contributed by atoms with van der Waals surface area (Å²) in [5.41, 5.74) is 11.3. The number of phenolic OH excluding ortho intramolecular Hbond substituents is 2. The highest BCUT2D eigenvalue weighted by atomic mass is 16.7. The van der Waals surface area contributed by atoms with Gasteiger partial charge in [0.25, 0.3) is 0 Å². The average Bonchev–Trinajstić information content (AvgIpc) is 3.32. The van der Waals surface area contributed by atoms with E-state index in [1.54, 1.807) is 7.11 Å². The number of nitrogens with zero attached hydrogens (tertiary/aromatic N) is 3. The fourth-order valence-corrected chi connectivity index (χ4v) is 7.07. The first-order chi connectivity index (χ1) is 16.8. The maximum absolute atomic E-state index is 11.4. The van der Waals surface area contributed by atoms with Crippen molar-refractivity contribution in [3.05, 3.63) is 39.4 Å². The first-order valence-corrected chi connectivity index (χ1v) is 12.0. The van der Waals surface area contributed by atoms with Gasteiger partial charge in [0.2, 0.25) is 6.79 Å². The van der Waals surface area contributed by atoms with Crippen molar-refractivity contribution in [3.63, 3.8) is 0 Å². The lowest BCUT2D eigenvalue weighted by Crippen LogP contribution is -2.68. The molecular weight excluding hydrogens is 448 g/mol. The van der Waals surface area contributed by atoms with Gasteiger partial charge in [0.1, 0.15) is 11.8 Å². The summed E-state index contributed by atoms with van der Waals surface area (Å²) in [6.07, 6.45) is 1.10. The molecule has 6 rings (SSSR count). The molecule has 0 aliphatic carbocycles. The van der Waals surface area contributed by atoms with Crippen LogP contribution in [0.4, 0.5) is 0 Å². The summed E-state index contributed by atoms with van der Waals surface area (Å²) in [7, 11) is 3.58. The average molecular weight is 479 g/mol. The molecule has 0 saturated carbocycles. The molecule has 5 atom stereocenters. The van der Waals surface area contributed by atoms with Crippen LogP contribution < -0.4 is 19.9 Å². The van der Waals surface area contributed by atoms with Gasteiger partial charge in [0, 0.05) is 40.9 Å². The summed E-state index contributed by atoms with van der Waals surface area (Å²) in [4.78, 5) is 4.41. The van der Waals surface area contributed by atoms with Gasteiger partial charge < -0.3 is 30.2 Å². The van der Waals surface area contributed by atoms with Crippen molar-refractivity contribution < 1.29 is 24.4 Å². The van der Waals surface area contributed by atoms with Crippen molar-refractivity contribution in [2.24, 2.45) is 5.73 Å². The Labute approximate surface area is 204 Å². The number of rotatable bonds is 2. The molecule has 2 bridgehead atoms. The molecule has 4 aliphatic rings. The second-order valence-corrected chi connectivity index (χ2v) is 10.0. The minimum atomic E-state index is -0.429. The molecule has 2 aromatic carbocycles. The lowest BCUT2D eigenvalue weighted by molar-refractivity contribution is -0.0710. The topological polar surface area (TPSA) is 124 Å². The van der Waals surface area contributed by atoms with Crippen molar-refractivity contribution in [1.82, 2.24) is 9.80 Å². The van der Waals surface area contributed by atoms with Crippen molar-refractivity contribution in [1.29, 1.82) is 5.26 Å². The summed E-state index contributed by atoms with van der Waals surface area (Å²) in [6.45, 7) is 4.08. The van der Waals surface area contributed by atoms with Gasteiger partial charge in [-0.2, -0.15) is 5.26 Å². The van der Waals surface area contributed by atoms with Crippen molar-refractivity contribution in [2.75, 3.05) is 27.5 Å². The van der Waals surface area contributed by atoms with E-state index in [1.165, 1.54) is 0 Å². The van der Waals surface area contributed by atoms with E-state index in [9.17, 15) is 15.5 Å². The van der Waals surface area contributed by atoms with Crippen LogP contribution in [0, 0.1) is 25.2 Å². The molecular formula is C26H30N4O5. The van der Waals surface area contributed by atoms with Gasteiger partial charge in [0.05, 0.1) is 25.3 Å². The lowest BCUT2D eigenvalue weighted by atomic mass is 9.71. The molecule has 2 aromatic rings. The maximum Gasteiger partial charge on any atom is 0.231 e. The Morgan fingerprint density at radius 2 is 1.89 bits per heavy atom. The Bertz CT molecular complexity index is 1290. The smallest absolute Gasteiger partial charge is 0.231 e. The number of phenols is 2. The highest BCUT2D eigenvalue weighted by Crippen LogP contribution is 2.57. The highest BCUT2D eigenvalue weighted by molar-refractivity contribution is 5.66. The van der Waals surface area contributed by atoms with Crippen molar-refractivity contribution in [3.8, 4) is 34.8 Å². The van der Waals surface area contributed by atoms with Crippen LogP contribution in [0.5, 0.6) is 28.7 Å². The molecule has 184 valence electrons. The molecule has 0 aromatic heterocycles. The van der Waals surface area contributed by atoms with E-state index in [2.05, 4.69) is 21.9 Å². The number of aromatic hydroxyl groups is 2. The molecule has 4 N–H and O–H groups in total. The van der Waals surface area contributed by atoms with Gasteiger partial charge in [-0.15, -0.1) is 0 Å². The Morgan fingerprint density at radius 1 is 1.14 bits per heavy atom. The number of aryl methyl sites for hydroxylation is 1. The fourth-order valence-electron chi connectivity index (χ4n) is 7.07. The molecule has 9 nitrogen and oxygen atoms in total. The Hall–Kier alpha value is -3.19. The number of methoxy groups -OCH3 is 1. The zero-order valence-electron chi connectivity index (χ0n) is 20.3. The van der Waals surface area contributed by atoms with Gasteiger partial charge >= 0.3 is 0 Å². The van der Waals surface area contributed by atoms with Gasteiger partial charge in [0.15, 0.2) is 23.0 Å². The third kappa shape index (κ3) is 2.73.